The molecular weight excluding hydrogens is 276 g/mol. The fourth-order valence-electron chi connectivity index (χ4n) is 1.79. The molecule has 4 nitrogen and oxygen atoms in total. The van der Waals surface area contributed by atoms with Gasteiger partial charge in [-0.15, -0.1) is 12.4 Å². The van der Waals surface area contributed by atoms with Gasteiger partial charge >= 0.3 is 0 Å². The summed E-state index contributed by atoms with van der Waals surface area (Å²) in [7, 11) is 1.64. The number of carbonyl (C=O) groups is 1. The summed E-state index contributed by atoms with van der Waals surface area (Å²) in [4.78, 5) is 14.0. The van der Waals surface area contributed by atoms with Gasteiger partial charge in [0.15, 0.2) is 0 Å². The summed E-state index contributed by atoms with van der Waals surface area (Å²) in [5.41, 5.74) is 7.00. The summed E-state index contributed by atoms with van der Waals surface area (Å²) in [6, 6.07) is 7.30. The van der Waals surface area contributed by atoms with Crippen molar-refractivity contribution in [1.82, 2.24) is 4.90 Å². The first-order valence-corrected chi connectivity index (χ1v) is 6.66. The normalized spacial score (nSPS) is 11.7. The van der Waals surface area contributed by atoms with Crippen molar-refractivity contribution in [2.45, 2.75) is 33.4 Å². The lowest BCUT2D eigenvalue weighted by Gasteiger charge is -2.26. The van der Waals surface area contributed by atoms with Crippen molar-refractivity contribution in [2.24, 2.45) is 11.7 Å². The van der Waals surface area contributed by atoms with Crippen LogP contribution in [0.3, 0.4) is 0 Å². The van der Waals surface area contributed by atoms with Gasteiger partial charge in [-0.2, -0.15) is 0 Å². The molecule has 0 heterocycles. The molecule has 0 fully saturated rings. The molecule has 114 valence electrons. The molecule has 0 aliphatic carbocycles. The Morgan fingerprint density at radius 3 is 2.25 bits per heavy atom. The highest BCUT2D eigenvalue weighted by atomic mass is 35.5. The number of likely N-dealkylation sites (N-methyl/N-ethyl adjacent to an activating group) is 1. The molecule has 20 heavy (non-hydrogen) atoms. The average molecular weight is 301 g/mol. The largest absolute Gasteiger partial charge is 0.497 e. The lowest BCUT2D eigenvalue weighted by molar-refractivity contribution is -0.134. The second-order valence-electron chi connectivity index (χ2n) is 4.97. The molecule has 2 N–H and O–H groups in total. The van der Waals surface area contributed by atoms with E-state index < -0.39 is 6.04 Å². The Morgan fingerprint density at radius 1 is 1.30 bits per heavy atom. The van der Waals surface area contributed by atoms with Gasteiger partial charge in [0.25, 0.3) is 0 Å². The number of hydrogen-bond donors (Lipinski definition) is 1. The zero-order chi connectivity index (χ0) is 14.4. The summed E-state index contributed by atoms with van der Waals surface area (Å²) in [6.07, 6.45) is 0. The Hall–Kier alpha value is -1.26. The monoisotopic (exact) mass is 300 g/mol. The van der Waals surface area contributed by atoms with Crippen molar-refractivity contribution >= 4 is 18.3 Å². The molecule has 0 saturated carbocycles. The maximum Gasteiger partial charge on any atom is 0.240 e. The van der Waals surface area contributed by atoms with Gasteiger partial charge in [-0.05, 0) is 30.5 Å². The molecule has 1 aromatic carbocycles. The standard InChI is InChI=1S/C15H24N2O2.ClH/c1-5-17(15(18)14(16)11(2)3)10-12-6-8-13(19-4)9-7-12;/h6-9,11,14H,5,10,16H2,1-4H3;1H. The topological polar surface area (TPSA) is 55.6 Å². The third-order valence-electron chi connectivity index (χ3n) is 3.23. The molecule has 0 spiro atoms. The van der Waals surface area contributed by atoms with E-state index in [0.29, 0.717) is 13.1 Å². The average Bonchev–Trinajstić information content (AvgIpc) is 2.43. The number of methoxy groups -OCH3 is 1. The molecule has 0 aliphatic rings. The van der Waals surface area contributed by atoms with E-state index in [1.165, 1.54) is 0 Å². The van der Waals surface area contributed by atoms with E-state index in [9.17, 15) is 4.79 Å². The molecule has 0 radical (unpaired) electrons. The fraction of sp³-hybridized carbons (Fsp3) is 0.533. The van der Waals surface area contributed by atoms with Gasteiger partial charge in [0.2, 0.25) is 5.91 Å². The Kier molecular flexibility index (Phi) is 8.26. The number of ether oxygens (including phenoxy) is 1. The van der Waals surface area contributed by atoms with Crippen LogP contribution in [0.5, 0.6) is 5.75 Å². The van der Waals surface area contributed by atoms with Crippen LogP contribution in [0.25, 0.3) is 0 Å². The molecule has 1 amide bonds. The van der Waals surface area contributed by atoms with Crippen molar-refractivity contribution in [3.63, 3.8) is 0 Å². The van der Waals surface area contributed by atoms with Crippen molar-refractivity contribution in [3.05, 3.63) is 29.8 Å². The lowest BCUT2D eigenvalue weighted by atomic mass is 10.0. The highest BCUT2D eigenvalue weighted by molar-refractivity contribution is 5.85. The second kappa shape index (κ2) is 8.82. The molecule has 1 unspecified atom stereocenters. The van der Waals surface area contributed by atoms with Gasteiger partial charge in [-0.25, -0.2) is 0 Å². The third kappa shape index (κ3) is 5.02. The van der Waals surface area contributed by atoms with Crippen LogP contribution in [0.15, 0.2) is 24.3 Å². The molecule has 0 bridgehead atoms. The van der Waals surface area contributed by atoms with Crippen LogP contribution in [0.1, 0.15) is 26.3 Å². The minimum atomic E-state index is -0.432. The number of amides is 1. The van der Waals surface area contributed by atoms with Gasteiger partial charge in [0.05, 0.1) is 13.2 Å². The summed E-state index contributed by atoms with van der Waals surface area (Å²) < 4.78 is 5.12. The van der Waals surface area contributed by atoms with Crippen molar-refractivity contribution < 1.29 is 9.53 Å². The summed E-state index contributed by atoms with van der Waals surface area (Å²) in [6.45, 7) is 7.13. The first kappa shape index (κ1) is 18.7. The van der Waals surface area contributed by atoms with E-state index in [1.54, 1.807) is 12.0 Å². The predicted octanol–water partition coefficient (Wildman–Crippen LogP) is 2.45. The Bertz CT molecular complexity index is 407. The molecule has 1 atom stereocenters. The van der Waals surface area contributed by atoms with Crippen molar-refractivity contribution in [1.29, 1.82) is 0 Å². The van der Waals surface area contributed by atoms with Crippen LogP contribution in [0.4, 0.5) is 0 Å². The molecule has 5 heteroatoms. The Balaban J connectivity index is 0.00000361. The van der Waals surface area contributed by atoms with Crippen LogP contribution < -0.4 is 10.5 Å². The molecule has 0 aliphatic heterocycles. The highest BCUT2D eigenvalue weighted by Crippen LogP contribution is 2.14. The zero-order valence-electron chi connectivity index (χ0n) is 12.6. The number of halogens is 1. The van der Waals surface area contributed by atoms with Crippen molar-refractivity contribution in [3.8, 4) is 5.75 Å². The Labute approximate surface area is 127 Å². The number of nitrogens with zero attached hydrogens (tertiary/aromatic N) is 1. The second-order valence-corrected chi connectivity index (χ2v) is 4.97. The first-order chi connectivity index (χ1) is 8.99. The molecular formula is C15H25ClN2O2. The minimum Gasteiger partial charge on any atom is -0.497 e. The van der Waals surface area contributed by atoms with Crippen molar-refractivity contribution in [2.75, 3.05) is 13.7 Å². The number of rotatable bonds is 6. The van der Waals surface area contributed by atoms with E-state index in [1.807, 2.05) is 45.0 Å². The SMILES string of the molecule is CCN(Cc1ccc(OC)cc1)C(=O)C(N)C(C)C.Cl. The molecule has 0 aromatic heterocycles. The summed E-state index contributed by atoms with van der Waals surface area (Å²) >= 11 is 0. The number of carbonyl (C=O) groups excluding carboxylic acids is 1. The van der Waals surface area contributed by atoms with E-state index in [2.05, 4.69) is 0 Å². The van der Waals surface area contributed by atoms with E-state index in [0.717, 1.165) is 11.3 Å². The zero-order valence-corrected chi connectivity index (χ0v) is 13.4. The van der Waals surface area contributed by atoms with Crippen LogP contribution in [-0.4, -0.2) is 30.5 Å². The molecule has 1 aromatic rings. The molecule has 0 saturated heterocycles. The fourth-order valence-corrected chi connectivity index (χ4v) is 1.79. The lowest BCUT2D eigenvalue weighted by Crippen LogP contribution is -2.46. The van der Waals surface area contributed by atoms with Gasteiger partial charge in [-0.3, -0.25) is 4.79 Å². The quantitative estimate of drug-likeness (QED) is 0.878. The number of nitrogens with two attached hydrogens (primary N) is 1. The van der Waals surface area contributed by atoms with E-state index >= 15 is 0 Å². The maximum atomic E-state index is 12.2. The highest BCUT2D eigenvalue weighted by Gasteiger charge is 2.22. The third-order valence-corrected chi connectivity index (χ3v) is 3.23. The maximum absolute atomic E-state index is 12.2. The van der Waals surface area contributed by atoms with Crippen LogP contribution in [0, 0.1) is 5.92 Å². The summed E-state index contributed by atoms with van der Waals surface area (Å²) in [5.74, 6) is 0.975. The van der Waals surface area contributed by atoms with Gasteiger partial charge < -0.3 is 15.4 Å². The Morgan fingerprint density at radius 2 is 1.85 bits per heavy atom. The summed E-state index contributed by atoms with van der Waals surface area (Å²) in [5, 5.41) is 0. The van der Waals surface area contributed by atoms with E-state index in [4.69, 9.17) is 10.5 Å². The van der Waals surface area contributed by atoms with Gasteiger partial charge in [0, 0.05) is 13.1 Å². The van der Waals surface area contributed by atoms with Crippen LogP contribution in [-0.2, 0) is 11.3 Å². The van der Waals surface area contributed by atoms with Crippen LogP contribution >= 0.6 is 12.4 Å². The van der Waals surface area contributed by atoms with E-state index in [-0.39, 0.29) is 24.2 Å². The first-order valence-electron chi connectivity index (χ1n) is 6.66. The van der Waals surface area contributed by atoms with Gasteiger partial charge in [-0.1, -0.05) is 26.0 Å². The smallest absolute Gasteiger partial charge is 0.240 e. The number of hydrogen-bond acceptors (Lipinski definition) is 3. The molecule has 1 rings (SSSR count). The minimum absolute atomic E-state index is 0. The van der Waals surface area contributed by atoms with Gasteiger partial charge in [0.1, 0.15) is 5.75 Å². The van der Waals surface area contributed by atoms with Crippen LogP contribution in [0.2, 0.25) is 0 Å². The predicted molar refractivity (Wildman–Crippen MR) is 84.1 cm³/mol. The number of benzene rings is 1.